The predicted molar refractivity (Wildman–Crippen MR) is 73.7 cm³/mol. The van der Waals surface area contributed by atoms with Gasteiger partial charge in [-0.3, -0.25) is 9.59 Å². The largest absolute Gasteiger partial charge is 0.445 e. The van der Waals surface area contributed by atoms with Gasteiger partial charge in [0.25, 0.3) is 5.78 Å². The number of hydrogen-bond donors (Lipinski definition) is 0. The van der Waals surface area contributed by atoms with Crippen molar-refractivity contribution in [3.8, 4) is 0 Å². The molecular formula is C13H9F4N3O2S. The fourth-order valence-corrected chi connectivity index (χ4v) is 2.35. The molecule has 1 aromatic heterocycles. The van der Waals surface area contributed by atoms with Crippen LogP contribution in [-0.4, -0.2) is 28.4 Å². The van der Waals surface area contributed by atoms with E-state index >= 15 is 0 Å². The highest BCUT2D eigenvalue weighted by molar-refractivity contribution is 7.14. The summed E-state index contributed by atoms with van der Waals surface area (Å²) in [7, 11) is 0. The van der Waals surface area contributed by atoms with E-state index in [0.717, 1.165) is 17.0 Å². The molecule has 1 aromatic carbocycles. The number of Topliss-reactive ketones (excluding diaryl/α,β-unsaturated/α-hetero) is 1. The van der Waals surface area contributed by atoms with Gasteiger partial charge in [-0.05, 0) is 31.2 Å². The Labute approximate surface area is 131 Å². The molecule has 5 nitrogen and oxygen atoms in total. The Morgan fingerprint density at radius 3 is 2.26 bits per heavy atom. The van der Waals surface area contributed by atoms with Crippen LogP contribution in [0.3, 0.4) is 0 Å². The number of rotatable bonds is 4. The summed E-state index contributed by atoms with van der Waals surface area (Å²) in [6.45, 7) is 1.64. The number of aromatic nitrogens is 2. The third-order valence-electron chi connectivity index (χ3n) is 2.76. The lowest BCUT2D eigenvalue weighted by molar-refractivity contribution is -0.138. The van der Waals surface area contributed by atoms with Crippen molar-refractivity contribution in [1.29, 1.82) is 0 Å². The molecule has 0 bridgehead atoms. The number of ketones is 1. The van der Waals surface area contributed by atoms with Crippen molar-refractivity contribution in [3.63, 3.8) is 0 Å². The lowest BCUT2D eigenvalue weighted by atomic mass is 10.2. The highest BCUT2D eigenvalue weighted by Gasteiger charge is 2.37. The molecule has 0 spiro atoms. The summed E-state index contributed by atoms with van der Waals surface area (Å²) < 4.78 is 50.3. The van der Waals surface area contributed by atoms with Crippen molar-refractivity contribution in [2.75, 3.05) is 11.4 Å². The highest BCUT2D eigenvalue weighted by Crippen LogP contribution is 2.31. The summed E-state index contributed by atoms with van der Waals surface area (Å²) in [6.07, 6.45) is -4.74. The second-order valence-corrected chi connectivity index (χ2v) is 5.24. The molecular weight excluding hydrogens is 338 g/mol. The summed E-state index contributed by atoms with van der Waals surface area (Å²) >= 11 is -0.00248. The maximum absolute atomic E-state index is 12.9. The SMILES string of the molecule is CCN(C(=O)C(=O)c1nnc(C(F)(F)F)s1)c1ccc(F)cc1. The molecule has 0 unspecified atom stereocenters. The van der Waals surface area contributed by atoms with E-state index in [4.69, 9.17) is 0 Å². The molecule has 2 rings (SSSR count). The van der Waals surface area contributed by atoms with Crippen LogP contribution in [-0.2, 0) is 11.0 Å². The second-order valence-electron chi connectivity index (χ2n) is 4.27. The maximum Gasteiger partial charge on any atom is 0.445 e. The number of benzene rings is 1. The molecule has 0 radical (unpaired) electrons. The van der Waals surface area contributed by atoms with E-state index in [2.05, 4.69) is 10.2 Å². The van der Waals surface area contributed by atoms with Crippen molar-refractivity contribution in [3.05, 3.63) is 40.1 Å². The number of nitrogens with zero attached hydrogens (tertiary/aromatic N) is 3. The minimum absolute atomic E-state index is 0.00248. The van der Waals surface area contributed by atoms with Crippen LogP contribution >= 0.6 is 11.3 Å². The first-order valence-corrected chi connectivity index (χ1v) is 7.08. The van der Waals surface area contributed by atoms with Gasteiger partial charge in [0.2, 0.25) is 5.01 Å². The van der Waals surface area contributed by atoms with Crippen LogP contribution in [0.15, 0.2) is 24.3 Å². The summed E-state index contributed by atoms with van der Waals surface area (Å²) in [5, 5.41) is 4.03. The smallest absolute Gasteiger partial charge is 0.306 e. The number of carbonyl (C=O) groups excluding carboxylic acids is 2. The highest BCUT2D eigenvalue weighted by atomic mass is 32.1. The summed E-state index contributed by atoms with van der Waals surface area (Å²) in [6, 6.07) is 4.77. The molecule has 23 heavy (non-hydrogen) atoms. The van der Waals surface area contributed by atoms with Crippen molar-refractivity contribution >= 4 is 28.7 Å². The third-order valence-corrected chi connectivity index (χ3v) is 3.72. The molecule has 10 heteroatoms. The van der Waals surface area contributed by atoms with Gasteiger partial charge in [0.15, 0.2) is 5.01 Å². The van der Waals surface area contributed by atoms with Gasteiger partial charge in [0, 0.05) is 12.2 Å². The van der Waals surface area contributed by atoms with Crippen LogP contribution in [0, 0.1) is 5.82 Å². The van der Waals surface area contributed by atoms with Gasteiger partial charge in [-0.25, -0.2) is 4.39 Å². The van der Waals surface area contributed by atoms with Gasteiger partial charge < -0.3 is 4.90 Å². The zero-order chi connectivity index (χ0) is 17.2. The molecule has 2 aromatic rings. The Kier molecular flexibility index (Phi) is 4.73. The fourth-order valence-electron chi connectivity index (χ4n) is 1.71. The van der Waals surface area contributed by atoms with E-state index < -0.39 is 33.7 Å². The Morgan fingerprint density at radius 1 is 1.17 bits per heavy atom. The van der Waals surface area contributed by atoms with Crippen LogP contribution in [0.2, 0.25) is 0 Å². The Morgan fingerprint density at radius 2 is 1.78 bits per heavy atom. The van der Waals surface area contributed by atoms with Crippen molar-refractivity contribution in [2.45, 2.75) is 13.1 Å². The van der Waals surface area contributed by atoms with Gasteiger partial charge in [-0.1, -0.05) is 11.3 Å². The maximum atomic E-state index is 12.9. The zero-order valence-electron chi connectivity index (χ0n) is 11.6. The van der Waals surface area contributed by atoms with E-state index in [9.17, 15) is 27.2 Å². The molecule has 0 fully saturated rings. The second kappa shape index (κ2) is 6.41. The Bertz CT molecular complexity index is 728. The lowest BCUT2D eigenvalue weighted by Gasteiger charge is -2.19. The molecule has 0 atom stereocenters. The molecule has 0 aliphatic rings. The van der Waals surface area contributed by atoms with Gasteiger partial charge in [-0.15, -0.1) is 10.2 Å². The average molecular weight is 347 g/mol. The average Bonchev–Trinajstić information content (AvgIpc) is 2.99. The first kappa shape index (κ1) is 17.0. The molecule has 0 aliphatic carbocycles. The predicted octanol–water partition coefficient (Wildman–Crippen LogP) is 2.93. The molecule has 1 heterocycles. The van der Waals surface area contributed by atoms with Crippen molar-refractivity contribution in [2.24, 2.45) is 0 Å². The minimum Gasteiger partial charge on any atom is -0.306 e. The summed E-state index contributed by atoms with van der Waals surface area (Å²) in [4.78, 5) is 25.2. The number of alkyl halides is 3. The van der Waals surface area contributed by atoms with E-state index in [1.807, 2.05) is 0 Å². The fraction of sp³-hybridized carbons (Fsp3) is 0.231. The van der Waals surface area contributed by atoms with Gasteiger partial charge in [0.1, 0.15) is 5.82 Å². The topological polar surface area (TPSA) is 63.2 Å². The standard InChI is InChI=1S/C13H9F4N3O2S/c1-2-20(8-5-3-7(14)4-6-8)11(22)9(21)10-18-19-12(23-10)13(15,16)17/h3-6H,2H2,1H3. The van der Waals surface area contributed by atoms with Crippen LogP contribution in [0.4, 0.5) is 23.2 Å². The number of likely N-dealkylation sites (N-methyl/N-ethyl adjacent to an activating group) is 1. The number of amides is 1. The summed E-state index contributed by atoms with van der Waals surface area (Å²) in [5.41, 5.74) is 0.243. The molecule has 1 amide bonds. The summed E-state index contributed by atoms with van der Waals surface area (Å²) in [5.74, 6) is -2.80. The van der Waals surface area contributed by atoms with Gasteiger partial charge >= 0.3 is 12.1 Å². The number of halogens is 4. The molecule has 0 aliphatic heterocycles. The van der Waals surface area contributed by atoms with Gasteiger partial charge in [-0.2, -0.15) is 13.2 Å². The minimum atomic E-state index is -4.74. The number of hydrogen-bond acceptors (Lipinski definition) is 5. The van der Waals surface area contributed by atoms with E-state index in [1.54, 1.807) is 6.92 Å². The quantitative estimate of drug-likeness (QED) is 0.485. The Balaban J connectivity index is 2.25. The monoisotopic (exact) mass is 347 g/mol. The van der Waals surface area contributed by atoms with E-state index in [1.165, 1.54) is 12.1 Å². The first-order valence-electron chi connectivity index (χ1n) is 6.26. The molecule has 122 valence electrons. The van der Waals surface area contributed by atoms with Crippen molar-refractivity contribution in [1.82, 2.24) is 10.2 Å². The third kappa shape index (κ3) is 3.70. The van der Waals surface area contributed by atoms with Crippen LogP contribution in [0.5, 0.6) is 0 Å². The molecule has 0 saturated heterocycles. The molecule has 0 saturated carbocycles. The Hall–Kier alpha value is -2.36. The number of anilines is 1. The first-order chi connectivity index (χ1) is 10.7. The number of carbonyl (C=O) groups is 2. The normalized spacial score (nSPS) is 11.3. The van der Waals surface area contributed by atoms with Crippen LogP contribution in [0.1, 0.15) is 21.7 Å². The van der Waals surface area contributed by atoms with Crippen molar-refractivity contribution < 1.29 is 27.2 Å². The van der Waals surface area contributed by atoms with Crippen LogP contribution in [0.25, 0.3) is 0 Å². The molecule has 0 N–H and O–H groups in total. The van der Waals surface area contributed by atoms with Gasteiger partial charge in [0.05, 0.1) is 0 Å². The zero-order valence-corrected chi connectivity index (χ0v) is 12.4. The van der Waals surface area contributed by atoms with E-state index in [-0.39, 0.29) is 23.6 Å². The van der Waals surface area contributed by atoms with Crippen LogP contribution < -0.4 is 4.90 Å². The van der Waals surface area contributed by atoms with E-state index in [0.29, 0.717) is 0 Å². The lowest BCUT2D eigenvalue weighted by Crippen LogP contribution is -2.36.